The number of methoxy groups -OCH3 is 3. The van der Waals surface area contributed by atoms with Gasteiger partial charge in [-0.05, 0) is 91.0 Å². The number of hydrogen-bond acceptors (Lipinski definition) is 10. The van der Waals surface area contributed by atoms with Crippen molar-refractivity contribution >= 4 is 41.2 Å². The van der Waals surface area contributed by atoms with Gasteiger partial charge in [-0.1, -0.05) is 71.7 Å². The van der Waals surface area contributed by atoms with Gasteiger partial charge in [0.2, 0.25) is 0 Å². The number of para-hydroxylation sites is 1. The van der Waals surface area contributed by atoms with Crippen molar-refractivity contribution in [2.24, 2.45) is 5.92 Å². The van der Waals surface area contributed by atoms with Gasteiger partial charge in [0.15, 0.2) is 23.9 Å². The lowest BCUT2D eigenvalue weighted by atomic mass is 9.83. The van der Waals surface area contributed by atoms with Gasteiger partial charge in [-0.2, -0.15) is 4.73 Å². The minimum Gasteiger partial charge on any atom is -0.619 e. The van der Waals surface area contributed by atoms with Crippen LogP contribution in [0.1, 0.15) is 56.4 Å². The summed E-state index contributed by atoms with van der Waals surface area (Å²) < 4.78 is 28.7. The molecule has 1 aromatic heterocycles. The van der Waals surface area contributed by atoms with Gasteiger partial charge in [0.1, 0.15) is 21.9 Å². The molecule has 4 heterocycles. The highest BCUT2D eigenvalue weighted by atomic mass is 35.5. The normalized spacial score (nSPS) is 17.4. The Morgan fingerprint density at radius 1 is 0.847 bits per heavy atom. The van der Waals surface area contributed by atoms with E-state index in [4.69, 9.17) is 46.9 Å². The summed E-state index contributed by atoms with van der Waals surface area (Å²) in [5, 5.41) is 12.2. The van der Waals surface area contributed by atoms with E-state index >= 15 is 0 Å². The average Bonchev–Trinajstić information content (AvgIpc) is 3.26. The number of benzene rings is 4. The molecule has 14 heteroatoms. The number of nitrogens with zero attached hydrogens (tertiary/aromatic N) is 3. The van der Waals surface area contributed by atoms with Gasteiger partial charge in [-0.25, -0.2) is 14.4 Å². The fourth-order valence-corrected chi connectivity index (χ4v) is 8.55. The minimum absolute atomic E-state index is 0.0382. The van der Waals surface area contributed by atoms with Crippen molar-refractivity contribution in [1.82, 2.24) is 9.80 Å². The molecule has 3 aliphatic heterocycles. The molecule has 4 aromatic carbocycles. The summed E-state index contributed by atoms with van der Waals surface area (Å²) in [6, 6.07) is 26.0. The topological polar surface area (TPSA) is 131 Å². The average molecular weight is 841 g/mol. The molecule has 2 atom stereocenters. The smallest absolute Gasteiger partial charge is 0.415 e. The lowest BCUT2D eigenvalue weighted by Gasteiger charge is -2.48. The Bertz CT molecular complexity index is 2300. The molecule has 0 unspecified atom stereocenters. The van der Waals surface area contributed by atoms with Crippen molar-refractivity contribution in [3.8, 4) is 28.4 Å². The molecular formula is C45H43Cl2N3O9. The lowest BCUT2D eigenvalue weighted by Crippen LogP contribution is -2.58. The van der Waals surface area contributed by atoms with Crippen molar-refractivity contribution < 1.29 is 42.8 Å². The summed E-state index contributed by atoms with van der Waals surface area (Å²) >= 11 is 12.9. The zero-order chi connectivity index (χ0) is 41.6. The Balaban J connectivity index is 1.21. The Morgan fingerprint density at radius 2 is 1.54 bits per heavy atom. The Kier molecular flexibility index (Phi) is 12.9. The summed E-state index contributed by atoms with van der Waals surface area (Å²) in [5.41, 5.74) is 3.38. The molecule has 5 aromatic rings. The van der Waals surface area contributed by atoms with Crippen molar-refractivity contribution in [1.29, 1.82) is 0 Å². The van der Waals surface area contributed by atoms with E-state index in [1.165, 1.54) is 33.7 Å². The highest BCUT2D eigenvalue weighted by Crippen LogP contribution is 2.38. The number of rotatable bonds is 13. The van der Waals surface area contributed by atoms with E-state index in [9.17, 15) is 19.6 Å². The van der Waals surface area contributed by atoms with E-state index in [1.54, 1.807) is 71.6 Å². The fourth-order valence-electron chi connectivity index (χ4n) is 7.95. The van der Waals surface area contributed by atoms with Crippen LogP contribution in [0, 0.1) is 11.1 Å². The monoisotopic (exact) mass is 839 g/mol. The molecule has 2 bridgehead atoms. The number of carbonyl (C=O) groups is 3. The Hall–Kier alpha value is -5.82. The first-order valence-electron chi connectivity index (χ1n) is 19.1. The quantitative estimate of drug-likeness (QED) is 0.0648. The number of amides is 1. The maximum absolute atomic E-state index is 14.1. The third-order valence-corrected chi connectivity index (χ3v) is 11.6. The molecule has 0 radical (unpaired) electrons. The van der Waals surface area contributed by atoms with Crippen LogP contribution in [-0.2, 0) is 22.4 Å². The van der Waals surface area contributed by atoms with Crippen LogP contribution in [0.25, 0.3) is 11.1 Å². The molecule has 3 fully saturated rings. The predicted molar refractivity (Wildman–Crippen MR) is 221 cm³/mol. The Morgan fingerprint density at radius 3 is 2.17 bits per heavy atom. The van der Waals surface area contributed by atoms with E-state index in [2.05, 4.69) is 4.90 Å². The van der Waals surface area contributed by atoms with Gasteiger partial charge in [-0.3, -0.25) is 4.90 Å². The summed E-state index contributed by atoms with van der Waals surface area (Å²) in [6.07, 6.45) is 2.96. The lowest BCUT2D eigenvalue weighted by molar-refractivity contribution is -0.605. The van der Waals surface area contributed by atoms with E-state index in [1.807, 2.05) is 24.3 Å². The van der Waals surface area contributed by atoms with Gasteiger partial charge < -0.3 is 33.8 Å². The number of fused-ring (bicyclic) bond motifs is 3. The number of pyridine rings is 1. The van der Waals surface area contributed by atoms with Crippen molar-refractivity contribution in [3.63, 3.8) is 0 Å². The molecule has 0 N–H and O–H groups in total. The predicted octanol–water partition coefficient (Wildman–Crippen LogP) is 8.33. The SMILES string of the molecule is COC(=O)c1cccc(CN(C(=O)Oc2ccccc2)[C@H]2CN3CCC2CC3)c1-c1ccc(C(=O)O[C@@H](Cc2c(Cl)c[n+]([O-])cc2Cl)c2ccc(OC)c(OC)c2)cc1. The fraction of sp³-hybridized carbons (Fsp3) is 0.289. The number of carbonyl (C=O) groups excluding carboxylic acids is 3. The number of piperidine rings is 3. The van der Waals surface area contributed by atoms with Crippen LogP contribution < -0.4 is 18.9 Å². The van der Waals surface area contributed by atoms with Crippen LogP contribution in [0.3, 0.4) is 0 Å². The molecule has 8 rings (SSSR count). The number of hydrogen-bond donors (Lipinski definition) is 0. The van der Waals surface area contributed by atoms with Gasteiger partial charge in [-0.15, -0.1) is 0 Å². The van der Waals surface area contributed by atoms with Gasteiger partial charge in [0, 0.05) is 24.1 Å². The molecule has 59 heavy (non-hydrogen) atoms. The number of halogens is 2. The van der Waals surface area contributed by atoms with E-state index in [0.717, 1.165) is 32.5 Å². The maximum atomic E-state index is 14.1. The van der Waals surface area contributed by atoms with Crippen LogP contribution >= 0.6 is 23.2 Å². The van der Waals surface area contributed by atoms with Crippen LogP contribution in [-0.4, -0.2) is 74.8 Å². The van der Waals surface area contributed by atoms with E-state index in [0.29, 0.717) is 61.3 Å². The second-order valence-corrected chi connectivity index (χ2v) is 15.2. The van der Waals surface area contributed by atoms with Gasteiger partial charge >= 0.3 is 18.0 Å². The third-order valence-electron chi connectivity index (χ3n) is 11.0. The summed E-state index contributed by atoms with van der Waals surface area (Å²) in [6.45, 7) is 2.87. The zero-order valence-electron chi connectivity index (χ0n) is 32.8. The maximum Gasteiger partial charge on any atom is 0.415 e. The van der Waals surface area contributed by atoms with Crippen LogP contribution in [0.15, 0.2) is 103 Å². The van der Waals surface area contributed by atoms with E-state index < -0.39 is 24.1 Å². The van der Waals surface area contributed by atoms with Crippen LogP contribution in [0.4, 0.5) is 4.79 Å². The molecule has 1 amide bonds. The third kappa shape index (κ3) is 9.25. The first kappa shape index (κ1) is 41.3. The largest absolute Gasteiger partial charge is 0.619 e. The second kappa shape index (κ2) is 18.4. The van der Waals surface area contributed by atoms with Crippen LogP contribution in [0.5, 0.6) is 17.2 Å². The zero-order valence-corrected chi connectivity index (χ0v) is 34.3. The van der Waals surface area contributed by atoms with Crippen molar-refractivity contribution in [2.45, 2.75) is 38.0 Å². The summed E-state index contributed by atoms with van der Waals surface area (Å²) in [7, 11) is 4.33. The first-order valence-corrected chi connectivity index (χ1v) is 19.9. The minimum atomic E-state index is -0.917. The summed E-state index contributed by atoms with van der Waals surface area (Å²) in [4.78, 5) is 45.4. The first-order chi connectivity index (χ1) is 28.6. The van der Waals surface area contributed by atoms with Crippen LogP contribution in [0.2, 0.25) is 10.0 Å². The molecular weight excluding hydrogens is 797 g/mol. The number of aromatic nitrogens is 1. The molecule has 0 aliphatic carbocycles. The molecule has 3 aliphatic rings. The highest BCUT2D eigenvalue weighted by molar-refractivity contribution is 6.35. The van der Waals surface area contributed by atoms with Crippen molar-refractivity contribution in [2.75, 3.05) is 41.0 Å². The standard InChI is InChI=1S/C45H43Cl2N3O9/c1-55-39-17-16-31(22-41(39)56-2)40(23-35-36(46)25-49(54)26-37(35)47)59-43(51)30-14-12-29(13-15-30)42-32(8-7-11-34(42)44(52)57-3)24-50(38-27-48-20-18-28(38)19-21-48)45(53)58-33-9-5-4-6-10-33/h4-17,22,25-26,28,38,40H,18-21,23-24,27H2,1-3H3/t38-,40-/m0/s1. The Labute approximate surface area is 352 Å². The molecule has 0 saturated carbocycles. The van der Waals surface area contributed by atoms with E-state index in [-0.39, 0.29) is 34.6 Å². The summed E-state index contributed by atoms with van der Waals surface area (Å²) in [5.74, 6) is 0.432. The molecule has 0 spiro atoms. The molecule has 12 nitrogen and oxygen atoms in total. The van der Waals surface area contributed by atoms with Gasteiger partial charge in [0.25, 0.3) is 0 Å². The number of esters is 2. The second-order valence-electron chi connectivity index (χ2n) is 14.4. The molecule has 3 saturated heterocycles. The number of ether oxygens (including phenoxy) is 5. The highest BCUT2D eigenvalue weighted by Gasteiger charge is 2.40. The van der Waals surface area contributed by atoms with Crippen molar-refractivity contribution in [3.05, 3.63) is 146 Å². The molecule has 306 valence electrons. The van der Waals surface area contributed by atoms with Gasteiger partial charge in [0.05, 0.1) is 45.0 Å².